The number of fused-ring (bicyclic) bond motifs is 1. The Kier molecular flexibility index (Phi) is 4.04. The van der Waals surface area contributed by atoms with Crippen molar-refractivity contribution in [3.05, 3.63) is 53.8 Å². The van der Waals surface area contributed by atoms with Crippen LogP contribution in [-0.4, -0.2) is 23.0 Å². The molecule has 6 heteroatoms. The minimum absolute atomic E-state index is 0.303. The zero-order chi connectivity index (χ0) is 17.3. The maximum atomic E-state index is 12.5. The second-order valence-electron chi connectivity index (χ2n) is 5.43. The molecule has 0 saturated carbocycles. The first-order valence-corrected chi connectivity index (χ1v) is 7.42. The summed E-state index contributed by atoms with van der Waals surface area (Å²) in [6.07, 6.45) is -1.02. The molecule has 1 aromatic carbocycles. The number of aryl methyl sites for hydroxylation is 1. The fourth-order valence-electron chi connectivity index (χ4n) is 2.32. The molecule has 0 unspecified atom stereocenters. The zero-order valence-electron chi connectivity index (χ0n) is 13.3. The van der Waals surface area contributed by atoms with Crippen LogP contribution in [0.5, 0.6) is 0 Å². The first-order valence-electron chi connectivity index (χ1n) is 7.42. The number of nitrogens with zero attached hydrogens (tertiary/aromatic N) is 1. The van der Waals surface area contributed by atoms with E-state index >= 15 is 0 Å². The van der Waals surface area contributed by atoms with Crippen LogP contribution in [0.4, 0.5) is 0 Å². The van der Waals surface area contributed by atoms with Gasteiger partial charge in [0.05, 0.1) is 11.1 Å². The van der Waals surface area contributed by atoms with Crippen molar-refractivity contribution in [2.24, 2.45) is 5.73 Å². The van der Waals surface area contributed by atoms with E-state index in [0.717, 1.165) is 5.76 Å². The van der Waals surface area contributed by atoms with Gasteiger partial charge in [-0.25, -0.2) is 9.78 Å². The molecule has 2 heterocycles. The van der Waals surface area contributed by atoms with Crippen LogP contribution in [-0.2, 0) is 9.53 Å². The average Bonchev–Trinajstić information content (AvgIpc) is 3.00. The normalized spacial score (nSPS) is 12.1. The smallest absolute Gasteiger partial charge is 0.339 e. The van der Waals surface area contributed by atoms with Crippen molar-refractivity contribution in [2.45, 2.75) is 20.0 Å². The van der Waals surface area contributed by atoms with Crippen LogP contribution in [0.1, 0.15) is 23.0 Å². The molecule has 3 aromatic rings. The molecule has 0 aliphatic carbocycles. The minimum atomic E-state index is -1.02. The predicted octanol–water partition coefficient (Wildman–Crippen LogP) is 2.83. The highest BCUT2D eigenvalue weighted by molar-refractivity contribution is 6.05. The number of pyridine rings is 1. The zero-order valence-corrected chi connectivity index (χ0v) is 13.3. The second kappa shape index (κ2) is 6.16. The van der Waals surface area contributed by atoms with Crippen molar-refractivity contribution in [2.75, 3.05) is 0 Å². The molecule has 0 aliphatic rings. The Balaban J connectivity index is 2.11. The highest BCUT2D eigenvalue weighted by atomic mass is 16.5. The Labute approximate surface area is 138 Å². The maximum Gasteiger partial charge on any atom is 0.339 e. The van der Waals surface area contributed by atoms with E-state index in [1.807, 2.05) is 19.1 Å². The Morgan fingerprint density at radius 3 is 2.62 bits per heavy atom. The highest BCUT2D eigenvalue weighted by Crippen LogP contribution is 2.26. The van der Waals surface area contributed by atoms with Gasteiger partial charge < -0.3 is 14.9 Å². The number of benzene rings is 1. The maximum absolute atomic E-state index is 12.5. The molecule has 0 spiro atoms. The molecule has 122 valence electrons. The van der Waals surface area contributed by atoms with E-state index < -0.39 is 18.0 Å². The Bertz CT molecular complexity index is 930. The molecule has 1 amide bonds. The van der Waals surface area contributed by atoms with Crippen LogP contribution < -0.4 is 5.73 Å². The van der Waals surface area contributed by atoms with Crippen molar-refractivity contribution in [3.8, 4) is 11.5 Å². The fraction of sp³-hybridized carbons (Fsp3) is 0.167. The molecule has 0 bridgehead atoms. The number of ether oxygens (including phenoxy) is 1. The van der Waals surface area contributed by atoms with Crippen molar-refractivity contribution in [3.63, 3.8) is 0 Å². The molecule has 2 aromatic heterocycles. The molecule has 6 nitrogen and oxygen atoms in total. The van der Waals surface area contributed by atoms with Gasteiger partial charge in [0.15, 0.2) is 11.9 Å². The van der Waals surface area contributed by atoms with E-state index in [4.69, 9.17) is 14.9 Å². The molecule has 0 saturated heterocycles. The van der Waals surface area contributed by atoms with Gasteiger partial charge in [-0.3, -0.25) is 4.79 Å². The second-order valence-corrected chi connectivity index (χ2v) is 5.43. The van der Waals surface area contributed by atoms with Crippen LogP contribution in [0.3, 0.4) is 0 Å². The number of rotatable bonds is 4. The molecule has 1 atom stereocenters. The van der Waals surface area contributed by atoms with Crippen LogP contribution >= 0.6 is 0 Å². The SMILES string of the molecule is Cc1ccc(-c2cc(C(=O)O[C@H](C)C(N)=O)c3ccccc3n2)o1. The molecule has 0 aliphatic heterocycles. The van der Waals surface area contributed by atoms with Gasteiger partial charge in [0.2, 0.25) is 0 Å². The summed E-state index contributed by atoms with van der Waals surface area (Å²) < 4.78 is 10.7. The van der Waals surface area contributed by atoms with E-state index in [1.54, 1.807) is 30.3 Å². The lowest BCUT2D eigenvalue weighted by atomic mass is 10.1. The molecule has 24 heavy (non-hydrogen) atoms. The van der Waals surface area contributed by atoms with E-state index in [9.17, 15) is 9.59 Å². The standard InChI is InChI=1S/C18H16N2O4/c1-10-7-8-16(23-10)15-9-13(18(22)24-11(2)17(19)21)12-5-3-4-6-14(12)20-15/h3-9,11H,1-2H3,(H2,19,21)/t11-/m1/s1. The number of aromatic nitrogens is 1. The van der Waals surface area contributed by atoms with Gasteiger partial charge in [-0.1, -0.05) is 18.2 Å². The predicted molar refractivity (Wildman–Crippen MR) is 88.3 cm³/mol. The summed E-state index contributed by atoms with van der Waals surface area (Å²) in [7, 11) is 0. The number of hydrogen-bond donors (Lipinski definition) is 1. The van der Waals surface area contributed by atoms with Crippen LogP contribution in [0.2, 0.25) is 0 Å². The van der Waals surface area contributed by atoms with Gasteiger partial charge in [-0.05, 0) is 38.1 Å². The van der Waals surface area contributed by atoms with E-state index in [1.165, 1.54) is 6.92 Å². The molecule has 3 rings (SSSR count). The number of nitrogens with two attached hydrogens (primary N) is 1. The number of furan rings is 1. The molecule has 2 N–H and O–H groups in total. The Morgan fingerprint density at radius 2 is 1.96 bits per heavy atom. The number of carbonyl (C=O) groups is 2. The lowest BCUT2D eigenvalue weighted by molar-refractivity contribution is -0.125. The quantitative estimate of drug-likeness (QED) is 0.745. The van der Waals surface area contributed by atoms with Crippen molar-refractivity contribution >= 4 is 22.8 Å². The van der Waals surface area contributed by atoms with E-state index in [0.29, 0.717) is 27.9 Å². The third-order valence-electron chi connectivity index (χ3n) is 3.61. The lowest BCUT2D eigenvalue weighted by Crippen LogP contribution is -2.30. The van der Waals surface area contributed by atoms with E-state index in [-0.39, 0.29) is 0 Å². The summed E-state index contributed by atoms with van der Waals surface area (Å²) >= 11 is 0. The van der Waals surface area contributed by atoms with E-state index in [2.05, 4.69) is 4.98 Å². The first-order chi connectivity index (χ1) is 11.5. The number of amides is 1. The van der Waals surface area contributed by atoms with Gasteiger partial charge in [0.1, 0.15) is 11.5 Å². The monoisotopic (exact) mass is 324 g/mol. The summed E-state index contributed by atoms with van der Waals surface area (Å²) in [6.45, 7) is 3.26. The van der Waals surface area contributed by atoms with Crippen LogP contribution in [0, 0.1) is 6.92 Å². The number of primary amides is 1. The Morgan fingerprint density at radius 1 is 1.21 bits per heavy atom. The fourth-order valence-corrected chi connectivity index (χ4v) is 2.32. The topological polar surface area (TPSA) is 95.4 Å². The highest BCUT2D eigenvalue weighted by Gasteiger charge is 2.20. The van der Waals surface area contributed by atoms with Gasteiger partial charge in [0, 0.05) is 5.39 Å². The summed E-state index contributed by atoms with van der Waals surface area (Å²) in [5.41, 5.74) is 6.60. The van der Waals surface area contributed by atoms with Gasteiger partial charge >= 0.3 is 5.97 Å². The first kappa shape index (κ1) is 15.7. The molecule has 0 fully saturated rings. The number of para-hydroxylation sites is 1. The lowest BCUT2D eigenvalue weighted by Gasteiger charge is -2.12. The summed E-state index contributed by atoms with van der Waals surface area (Å²) in [6, 6.07) is 12.4. The van der Waals surface area contributed by atoms with Crippen molar-refractivity contribution < 1.29 is 18.7 Å². The number of hydrogen-bond acceptors (Lipinski definition) is 5. The number of carbonyl (C=O) groups excluding carboxylic acids is 2. The average molecular weight is 324 g/mol. The largest absolute Gasteiger partial charge is 0.460 e. The molecular weight excluding hydrogens is 308 g/mol. The van der Waals surface area contributed by atoms with Gasteiger partial charge in [-0.15, -0.1) is 0 Å². The van der Waals surface area contributed by atoms with Crippen LogP contribution in [0.15, 0.2) is 46.9 Å². The van der Waals surface area contributed by atoms with Gasteiger partial charge in [0.25, 0.3) is 5.91 Å². The minimum Gasteiger partial charge on any atom is -0.460 e. The van der Waals surface area contributed by atoms with Crippen molar-refractivity contribution in [1.29, 1.82) is 0 Å². The summed E-state index contributed by atoms with van der Waals surface area (Å²) in [5, 5.41) is 0.631. The molecule has 0 radical (unpaired) electrons. The summed E-state index contributed by atoms with van der Waals surface area (Å²) in [5.74, 6) is -0.0466. The number of esters is 1. The van der Waals surface area contributed by atoms with Gasteiger partial charge in [-0.2, -0.15) is 0 Å². The third-order valence-corrected chi connectivity index (χ3v) is 3.61. The van der Waals surface area contributed by atoms with Crippen LogP contribution in [0.25, 0.3) is 22.4 Å². The summed E-state index contributed by atoms with van der Waals surface area (Å²) in [4.78, 5) is 28.1. The Hall–Kier alpha value is -3.15. The van der Waals surface area contributed by atoms with Crippen molar-refractivity contribution in [1.82, 2.24) is 4.98 Å². The third kappa shape index (κ3) is 2.99. The molecular formula is C18H16N2O4.